The Morgan fingerprint density at radius 1 is 1.35 bits per heavy atom. The molecule has 2 N–H and O–H groups in total. The van der Waals surface area contributed by atoms with Crippen LogP contribution >= 0.6 is 0 Å². The molecular weight excluding hydrogens is 221 g/mol. The standard InChI is InChI=1S/C12H12FN3O/c1-8-2-5-12(17)16(15-8)7-9-3-4-11(14)10(13)6-9/h2-6H,7,14H2,1H3. The van der Waals surface area contributed by atoms with Crippen molar-refractivity contribution in [2.75, 3.05) is 5.73 Å². The van der Waals surface area contributed by atoms with Crippen molar-refractivity contribution in [2.45, 2.75) is 13.5 Å². The fourth-order valence-corrected chi connectivity index (χ4v) is 1.51. The van der Waals surface area contributed by atoms with E-state index in [0.717, 1.165) is 5.69 Å². The second kappa shape index (κ2) is 4.37. The van der Waals surface area contributed by atoms with E-state index in [1.165, 1.54) is 22.9 Å². The highest BCUT2D eigenvalue weighted by atomic mass is 19.1. The number of nitrogens with two attached hydrogens (primary N) is 1. The van der Waals surface area contributed by atoms with E-state index in [4.69, 9.17) is 5.73 Å². The highest BCUT2D eigenvalue weighted by Gasteiger charge is 2.03. The molecule has 0 unspecified atom stereocenters. The predicted octanol–water partition coefficient (Wildman–Crippen LogP) is 1.32. The summed E-state index contributed by atoms with van der Waals surface area (Å²) in [4.78, 5) is 11.5. The minimum Gasteiger partial charge on any atom is -0.396 e. The Kier molecular flexibility index (Phi) is 2.91. The molecule has 0 amide bonds. The van der Waals surface area contributed by atoms with Crippen LogP contribution in [0.3, 0.4) is 0 Å². The summed E-state index contributed by atoms with van der Waals surface area (Å²) in [5.74, 6) is -0.483. The van der Waals surface area contributed by atoms with Gasteiger partial charge in [-0.1, -0.05) is 6.07 Å². The van der Waals surface area contributed by atoms with Gasteiger partial charge >= 0.3 is 0 Å². The summed E-state index contributed by atoms with van der Waals surface area (Å²) in [7, 11) is 0. The topological polar surface area (TPSA) is 60.9 Å². The molecule has 0 aliphatic rings. The number of nitrogen functional groups attached to an aromatic ring is 1. The average molecular weight is 233 g/mol. The minimum atomic E-state index is -0.483. The van der Waals surface area contributed by atoms with Crippen LogP contribution in [0.5, 0.6) is 0 Å². The van der Waals surface area contributed by atoms with Crippen molar-refractivity contribution in [1.29, 1.82) is 0 Å². The first-order valence-electron chi connectivity index (χ1n) is 5.15. The maximum absolute atomic E-state index is 13.2. The summed E-state index contributed by atoms with van der Waals surface area (Å²) >= 11 is 0. The summed E-state index contributed by atoms with van der Waals surface area (Å²) in [6.45, 7) is 2.03. The molecule has 0 spiro atoms. The lowest BCUT2D eigenvalue weighted by atomic mass is 10.2. The first kappa shape index (κ1) is 11.3. The number of rotatable bonds is 2. The molecule has 2 rings (SSSR count). The largest absolute Gasteiger partial charge is 0.396 e. The Balaban J connectivity index is 2.34. The molecule has 5 heteroatoms. The maximum atomic E-state index is 13.2. The summed E-state index contributed by atoms with van der Waals surface area (Å²) in [5.41, 5.74) is 6.64. The van der Waals surface area contributed by atoms with Crippen LogP contribution < -0.4 is 11.3 Å². The third kappa shape index (κ3) is 2.50. The molecular formula is C12H12FN3O. The second-order valence-electron chi connectivity index (χ2n) is 3.83. The molecule has 1 heterocycles. The minimum absolute atomic E-state index is 0.0956. The monoisotopic (exact) mass is 233 g/mol. The number of nitrogens with zero attached hydrogens (tertiary/aromatic N) is 2. The number of aryl methyl sites for hydroxylation is 1. The molecule has 4 nitrogen and oxygen atoms in total. The van der Waals surface area contributed by atoms with E-state index in [9.17, 15) is 9.18 Å². The van der Waals surface area contributed by atoms with Crippen molar-refractivity contribution in [3.05, 3.63) is 57.8 Å². The molecule has 2 aromatic rings. The van der Waals surface area contributed by atoms with E-state index in [1.807, 2.05) is 0 Å². The van der Waals surface area contributed by atoms with Crippen LogP contribution in [0.15, 0.2) is 35.1 Å². The van der Waals surface area contributed by atoms with Crippen molar-refractivity contribution >= 4 is 5.69 Å². The molecule has 0 aliphatic carbocycles. The van der Waals surface area contributed by atoms with Gasteiger partial charge in [-0.3, -0.25) is 4.79 Å². The summed E-state index contributed by atoms with van der Waals surface area (Å²) in [6.07, 6.45) is 0. The van der Waals surface area contributed by atoms with Gasteiger partial charge in [0.2, 0.25) is 0 Å². The van der Waals surface area contributed by atoms with Gasteiger partial charge in [0.25, 0.3) is 5.56 Å². The molecule has 17 heavy (non-hydrogen) atoms. The lowest BCUT2D eigenvalue weighted by Crippen LogP contribution is -2.23. The zero-order valence-corrected chi connectivity index (χ0v) is 9.35. The number of halogens is 1. The van der Waals surface area contributed by atoms with E-state index in [-0.39, 0.29) is 17.8 Å². The van der Waals surface area contributed by atoms with E-state index >= 15 is 0 Å². The first-order valence-corrected chi connectivity index (χ1v) is 5.15. The fraction of sp³-hybridized carbons (Fsp3) is 0.167. The molecule has 1 aromatic heterocycles. The molecule has 0 saturated heterocycles. The zero-order chi connectivity index (χ0) is 12.4. The molecule has 0 atom stereocenters. The number of aromatic nitrogens is 2. The molecule has 0 fully saturated rings. The number of hydrogen-bond donors (Lipinski definition) is 1. The van der Waals surface area contributed by atoms with Crippen LogP contribution in [-0.2, 0) is 6.54 Å². The Morgan fingerprint density at radius 2 is 2.12 bits per heavy atom. The van der Waals surface area contributed by atoms with Crippen LogP contribution in [0.2, 0.25) is 0 Å². The van der Waals surface area contributed by atoms with Crippen molar-refractivity contribution < 1.29 is 4.39 Å². The van der Waals surface area contributed by atoms with Gasteiger partial charge in [0.15, 0.2) is 0 Å². The van der Waals surface area contributed by atoms with E-state index in [2.05, 4.69) is 5.10 Å². The summed E-state index contributed by atoms with van der Waals surface area (Å²) in [6, 6.07) is 7.55. The van der Waals surface area contributed by atoms with Crippen molar-refractivity contribution in [3.8, 4) is 0 Å². The zero-order valence-electron chi connectivity index (χ0n) is 9.35. The van der Waals surface area contributed by atoms with Gasteiger partial charge in [0.1, 0.15) is 5.82 Å². The van der Waals surface area contributed by atoms with Crippen molar-refractivity contribution in [1.82, 2.24) is 9.78 Å². The Labute approximate surface area is 97.5 Å². The quantitative estimate of drug-likeness (QED) is 0.796. The van der Waals surface area contributed by atoms with Gasteiger partial charge in [0, 0.05) is 6.07 Å². The predicted molar refractivity (Wildman–Crippen MR) is 63.1 cm³/mol. The molecule has 0 saturated carbocycles. The molecule has 0 radical (unpaired) electrons. The van der Waals surface area contributed by atoms with Gasteiger partial charge in [0.05, 0.1) is 17.9 Å². The van der Waals surface area contributed by atoms with Crippen LogP contribution in [-0.4, -0.2) is 9.78 Å². The summed E-state index contributed by atoms with van der Waals surface area (Å²) in [5, 5.41) is 4.07. The van der Waals surface area contributed by atoms with Crippen molar-refractivity contribution in [3.63, 3.8) is 0 Å². The fourth-order valence-electron chi connectivity index (χ4n) is 1.51. The van der Waals surface area contributed by atoms with Crippen LogP contribution in [0, 0.1) is 12.7 Å². The number of benzene rings is 1. The van der Waals surface area contributed by atoms with E-state index in [1.54, 1.807) is 19.1 Å². The van der Waals surface area contributed by atoms with E-state index in [0.29, 0.717) is 5.56 Å². The average Bonchev–Trinajstić information content (AvgIpc) is 2.29. The van der Waals surface area contributed by atoms with Gasteiger partial charge in [-0.15, -0.1) is 0 Å². The molecule has 0 bridgehead atoms. The lowest BCUT2D eigenvalue weighted by Gasteiger charge is -2.06. The molecule has 88 valence electrons. The molecule has 1 aromatic carbocycles. The maximum Gasteiger partial charge on any atom is 0.267 e. The third-order valence-electron chi connectivity index (χ3n) is 2.40. The molecule has 0 aliphatic heterocycles. The highest BCUT2D eigenvalue weighted by molar-refractivity contribution is 5.41. The first-order chi connectivity index (χ1) is 8.06. The smallest absolute Gasteiger partial charge is 0.267 e. The van der Waals surface area contributed by atoms with Gasteiger partial charge in [-0.2, -0.15) is 5.10 Å². The van der Waals surface area contributed by atoms with Crippen LogP contribution in [0.4, 0.5) is 10.1 Å². The number of hydrogen-bond acceptors (Lipinski definition) is 3. The van der Waals surface area contributed by atoms with Gasteiger partial charge in [-0.05, 0) is 30.7 Å². The second-order valence-corrected chi connectivity index (χ2v) is 3.83. The Hall–Kier alpha value is -2.17. The highest BCUT2D eigenvalue weighted by Crippen LogP contribution is 2.12. The normalized spacial score (nSPS) is 10.5. The van der Waals surface area contributed by atoms with Gasteiger partial charge in [-0.25, -0.2) is 9.07 Å². The van der Waals surface area contributed by atoms with Gasteiger partial charge < -0.3 is 5.73 Å². The Bertz CT molecular complexity index is 607. The van der Waals surface area contributed by atoms with Crippen LogP contribution in [0.25, 0.3) is 0 Å². The third-order valence-corrected chi connectivity index (χ3v) is 2.40. The van der Waals surface area contributed by atoms with Crippen molar-refractivity contribution in [2.24, 2.45) is 0 Å². The SMILES string of the molecule is Cc1ccc(=O)n(Cc2ccc(N)c(F)c2)n1. The van der Waals surface area contributed by atoms with E-state index < -0.39 is 5.82 Å². The Morgan fingerprint density at radius 3 is 2.82 bits per heavy atom. The van der Waals surface area contributed by atoms with Crippen LogP contribution in [0.1, 0.15) is 11.3 Å². The lowest BCUT2D eigenvalue weighted by molar-refractivity contribution is 0.609. The summed E-state index contributed by atoms with van der Waals surface area (Å²) < 4.78 is 14.5. The number of anilines is 1.